The molecule has 0 saturated heterocycles. The van der Waals surface area contributed by atoms with Crippen molar-refractivity contribution in [3.8, 4) is 0 Å². The number of aliphatic hydroxyl groups is 1. The molecule has 0 aromatic heterocycles. The number of unbranched alkanes of at least 4 members (excludes halogenated alkanes) is 1. The maximum absolute atomic E-state index is 8.74. The topological polar surface area (TPSA) is 69.0 Å². The number of hydrogen-bond acceptors (Lipinski definition) is 2. The van der Waals surface area contributed by atoms with Crippen molar-refractivity contribution in [3.63, 3.8) is 0 Å². The first-order valence-electron chi connectivity index (χ1n) is 6.05. The van der Waals surface area contributed by atoms with Crippen molar-refractivity contribution in [2.45, 2.75) is 38.6 Å². The first-order valence-corrected chi connectivity index (χ1v) is 6.05. The fraction of sp³-hybridized carbons (Fsp3) is 0.538. The van der Waals surface area contributed by atoms with Gasteiger partial charge in [0, 0.05) is 11.5 Å². The minimum absolute atomic E-state index is 0.113. The largest absolute Gasteiger partial charge is 0.396 e. The Balaban J connectivity index is 2.70. The fourth-order valence-electron chi connectivity index (χ4n) is 1.78. The third kappa shape index (κ3) is 4.47. The molecule has 0 heterocycles. The summed E-state index contributed by atoms with van der Waals surface area (Å²) in [5.41, 5.74) is 10.9. The lowest BCUT2D eigenvalue weighted by Gasteiger charge is -2.11. The van der Waals surface area contributed by atoms with Crippen LogP contribution in [0.1, 0.15) is 43.4 Å². The van der Waals surface area contributed by atoms with E-state index in [4.69, 9.17) is 10.6 Å². The number of azide groups is 1. The number of aryl methyl sites for hydroxylation is 1. The van der Waals surface area contributed by atoms with Gasteiger partial charge in [0.1, 0.15) is 0 Å². The molecule has 1 unspecified atom stereocenters. The molecule has 0 aliphatic rings. The predicted octanol–water partition coefficient (Wildman–Crippen LogP) is 3.76. The molecule has 0 radical (unpaired) electrons. The van der Waals surface area contributed by atoms with Crippen molar-refractivity contribution in [3.05, 3.63) is 45.8 Å². The summed E-state index contributed by atoms with van der Waals surface area (Å²) in [7, 11) is 0. The molecule has 0 aliphatic carbocycles. The van der Waals surface area contributed by atoms with Gasteiger partial charge in [0.25, 0.3) is 0 Å². The first kappa shape index (κ1) is 13.6. The molecule has 0 aliphatic heterocycles. The average molecular weight is 233 g/mol. The number of nitrogens with zero attached hydrogens (tertiary/aromatic N) is 3. The zero-order valence-corrected chi connectivity index (χ0v) is 10.2. The van der Waals surface area contributed by atoms with E-state index in [9.17, 15) is 0 Å². The summed E-state index contributed by atoms with van der Waals surface area (Å²) in [6, 6.07) is 8.08. The zero-order valence-electron chi connectivity index (χ0n) is 10.2. The molecule has 1 aromatic rings. The van der Waals surface area contributed by atoms with E-state index >= 15 is 0 Å². The smallest absolute Gasteiger partial charge is 0.0625 e. The molecule has 4 heteroatoms. The Morgan fingerprint density at radius 1 is 1.29 bits per heavy atom. The summed E-state index contributed by atoms with van der Waals surface area (Å²) in [5.74, 6) is 0. The van der Waals surface area contributed by atoms with Gasteiger partial charge < -0.3 is 5.11 Å². The van der Waals surface area contributed by atoms with Crippen LogP contribution in [0.25, 0.3) is 10.4 Å². The summed E-state index contributed by atoms with van der Waals surface area (Å²) in [4.78, 5) is 2.90. The first-order chi connectivity index (χ1) is 8.31. The van der Waals surface area contributed by atoms with E-state index < -0.39 is 0 Å². The van der Waals surface area contributed by atoms with Crippen LogP contribution in [0.4, 0.5) is 0 Å². The molecule has 17 heavy (non-hydrogen) atoms. The van der Waals surface area contributed by atoms with Crippen molar-refractivity contribution in [2.75, 3.05) is 6.61 Å². The Hall–Kier alpha value is -1.51. The average Bonchev–Trinajstić information content (AvgIpc) is 2.38. The molecule has 4 nitrogen and oxygen atoms in total. The van der Waals surface area contributed by atoms with Crippen molar-refractivity contribution in [2.24, 2.45) is 5.11 Å². The highest BCUT2D eigenvalue weighted by atomic mass is 16.2. The van der Waals surface area contributed by atoms with Gasteiger partial charge >= 0.3 is 0 Å². The molecule has 92 valence electrons. The van der Waals surface area contributed by atoms with Crippen LogP contribution in [0, 0.1) is 0 Å². The summed E-state index contributed by atoms with van der Waals surface area (Å²) in [6.07, 6.45) is 3.42. The molecule has 1 N–H and O–H groups in total. The van der Waals surface area contributed by atoms with Gasteiger partial charge in [-0.1, -0.05) is 42.7 Å². The van der Waals surface area contributed by atoms with Gasteiger partial charge in [-0.2, -0.15) is 0 Å². The number of rotatable bonds is 7. The molecule has 1 aromatic carbocycles. The highest BCUT2D eigenvalue weighted by Crippen LogP contribution is 2.24. The van der Waals surface area contributed by atoms with Crippen molar-refractivity contribution < 1.29 is 5.11 Å². The molecule has 0 fully saturated rings. The van der Waals surface area contributed by atoms with Gasteiger partial charge in [0.2, 0.25) is 0 Å². The maximum atomic E-state index is 8.74. The third-order valence-corrected chi connectivity index (χ3v) is 2.85. The minimum atomic E-state index is -0.113. The van der Waals surface area contributed by atoms with Crippen LogP contribution in [0.3, 0.4) is 0 Å². The monoisotopic (exact) mass is 233 g/mol. The normalized spacial score (nSPS) is 11.9. The zero-order chi connectivity index (χ0) is 12.5. The van der Waals surface area contributed by atoms with Gasteiger partial charge in [-0.25, -0.2) is 0 Å². The van der Waals surface area contributed by atoms with E-state index in [0.717, 1.165) is 31.2 Å². The van der Waals surface area contributed by atoms with Gasteiger partial charge in [0.15, 0.2) is 0 Å². The van der Waals surface area contributed by atoms with Gasteiger partial charge in [-0.3, -0.25) is 0 Å². The van der Waals surface area contributed by atoms with Crippen molar-refractivity contribution >= 4 is 0 Å². The summed E-state index contributed by atoms with van der Waals surface area (Å²) >= 11 is 0. The van der Waals surface area contributed by atoms with Crippen LogP contribution in [-0.4, -0.2) is 11.7 Å². The van der Waals surface area contributed by atoms with E-state index in [1.165, 1.54) is 5.56 Å². The van der Waals surface area contributed by atoms with Crippen LogP contribution in [-0.2, 0) is 6.42 Å². The van der Waals surface area contributed by atoms with Gasteiger partial charge in [-0.15, -0.1) is 0 Å². The Bertz CT molecular complexity index is 369. The van der Waals surface area contributed by atoms with Crippen LogP contribution in [0.15, 0.2) is 29.4 Å². The van der Waals surface area contributed by atoms with Crippen LogP contribution >= 0.6 is 0 Å². The van der Waals surface area contributed by atoms with Gasteiger partial charge in [0.05, 0.1) is 6.04 Å². The van der Waals surface area contributed by atoms with Crippen molar-refractivity contribution in [1.29, 1.82) is 0 Å². The standard InChI is InChI=1S/C13H19N3O/c1-2-11-6-8-12(9-7-11)13(15-16-14)5-3-4-10-17/h6-9,13,17H,2-5,10H2,1H3. The molecule has 0 spiro atoms. The van der Waals surface area contributed by atoms with E-state index in [0.29, 0.717) is 0 Å². The molecular weight excluding hydrogens is 214 g/mol. The Labute approximate surface area is 102 Å². The Kier molecular flexibility index (Phi) is 6.15. The van der Waals surface area contributed by atoms with Crippen LogP contribution < -0.4 is 0 Å². The molecule has 1 rings (SSSR count). The molecule has 0 bridgehead atoms. The summed E-state index contributed by atoms with van der Waals surface area (Å²) < 4.78 is 0. The fourth-order valence-corrected chi connectivity index (χ4v) is 1.78. The second-order valence-corrected chi connectivity index (χ2v) is 4.04. The molecule has 1 atom stereocenters. The third-order valence-electron chi connectivity index (χ3n) is 2.85. The Morgan fingerprint density at radius 2 is 2.00 bits per heavy atom. The summed E-state index contributed by atoms with van der Waals surface area (Å²) in [6.45, 7) is 2.30. The predicted molar refractivity (Wildman–Crippen MR) is 68.6 cm³/mol. The molecular formula is C13H19N3O. The van der Waals surface area contributed by atoms with Gasteiger partial charge in [-0.05, 0) is 35.9 Å². The second-order valence-electron chi connectivity index (χ2n) is 4.04. The minimum Gasteiger partial charge on any atom is -0.396 e. The van der Waals surface area contributed by atoms with E-state index in [1.807, 2.05) is 12.1 Å². The van der Waals surface area contributed by atoms with E-state index in [1.54, 1.807) is 0 Å². The number of hydrogen-bond donors (Lipinski definition) is 1. The quantitative estimate of drug-likeness (QED) is 0.331. The summed E-state index contributed by atoms with van der Waals surface area (Å²) in [5, 5.41) is 12.6. The second kappa shape index (κ2) is 7.71. The van der Waals surface area contributed by atoms with Crippen molar-refractivity contribution in [1.82, 2.24) is 0 Å². The highest BCUT2D eigenvalue weighted by molar-refractivity contribution is 5.25. The van der Waals surface area contributed by atoms with E-state index in [2.05, 4.69) is 29.1 Å². The number of aliphatic hydroxyl groups excluding tert-OH is 1. The number of benzene rings is 1. The Morgan fingerprint density at radius 3 is 2.53 bits per heavy atom. The highest BCUT2D eigenvalue weighted by Gasteiger charge is 2.08. The van der Waals surface area contributed by atoms with Crippen LogP contribution in [0.5, 0.6) is 0 Å². The lowest BCUT2D eigenvalue weighted by Crippen LogP contribution is -1.96. The SMILES string of the molecule is CCc1ccc(C(CCCCO)N=[N+]=[N-])cc1. The van der Waals surface area contributed by atoms with E-state index in [-0.39, 0.29) is 12.6 Å². The van der Waals surface area contributed by atoms with Crippen LogP contribution in [0.2, 0.25) is 0 Å². The maximum Gasteiger partial charge on any atom is 0.0625 e. The lowest BCUT2D eigenvalue weighted by molar-refractivity contribution is 0.281. The lowest BCUT2D eigenvalue weighted by atomic mass is 10.00. The molecule has 0 amide bonds. The molecule has 0 saturated carbocycles.